The van der Waals surface area contributed by atoms with Crippen LogP contribution in [0.2, 0.25) is 0 Å². The molecule has 24 heavy (non-hydrogen) atoms. The fraction of sp³-hybridized carbons (Fsp3) is 0.467. The second kappa shape index (κ2) is 6.40. The molecule has 2 aliphatic rings. The van der Waals surface area contributed by atoms with E-state index in [0.717, 1.165) is 6.54 Å². The second-order valence-electron chi connectivity index (χ2n) is 5.99. The number of fused-ring (bicyclic) bond motifs is 1. The van der Waals surface area contributed by atoms with Gasteiger partial charge in [-0.1, -0.05) is 0 Å². The molecule has 2 fully saturated rings. The molecule has 4 heterocycles. The van der Waals surface area contributed by atoms with Crippen LogP contribution in [-0.4, -0.2) is 53.2 Å². The molecule has 0 unspecified atom stereocenters. The molecule has 1 N–H and O–H groups in total. The molecule has 0 aliphatic carbocycles. The van der Waals surface area contributed by atoms with Gasteiger partial charge in [-0.05, 0) is 0 Å². The van der Waals surface area contributed by atoms with Crippen molar-refractivity contribution in [2.45, 2.75) is 6.10 Å². The Morgan fingerprint density at radius 2 is 2.21 bits per heavy atom. The minimum absolute atomic E-state index is 0.0971. The van der Waals surface area contributed by atoms with Gasteiger partial charge in [-0.15, -0.1) is 11.3 Å². The lowest BCUT2D eigenvalue weighted by atomic mass is 9.93. The smallest absolute Gasteiger partial charge is 0.270 e. The maximum absolute atomic E-state index is 12.9. The number of hydrogen-bond donors (Lipinski definition) is 1. The number of carbonyl (C=O) groups excluding carboxylic acids is 1. The molecule has 1 amide bonds. The summed E-state index contributed by atoms with van der Waals surface area (Å²) in [5.74, 6) is 0.450. The third kappa shape index (κ3) is 2.96. The largest absolute Gasteiger partial charge is 0.376 e. The minimum Gasteiger partial charge on any atom is -0.376 e. The third-order valence-electron chi connectivity index (χ3n) is 4.52. The first-order valence-corrected chi connectivity index (χ1v) is 8.65. The molecule has 7 nitrogen and oxygen atoms in total. The summed E-state index contributed by atoms with van der Waals surface area (Å²) >= 11 is 1.40. The molecule has 2 aromatic rings. The highest BCUT2D eigenvalue weighted by atomic mass is 32.1. The Hall–Kier alpha value is -2.13. The number of amides is 1. The molecule has 0 aromatic carbocycles. The summed E-state index contributed by atoms with van der Waals surface area (Å²) in [6.45, 7) is 2.61. The van der Waals surface area contributed by atoms with E-state index >= 15 is 0 Å². The molecule has 2 aliphatic heterocycles. The van der Waals surface area contributed by atoms with E-state index in [1.807, 2.05) is 4.90 Å². The Morgan fingerprint density at radius 1 is 1.38 bits per heavy atom. The highest BCUT2D eigenvalue weighted by Crippen LogP contribution is 2.34. The SMILES string of the molecule is O=C(NC[C@@H]1CO[C@H]2CN(c3ncc(F)cn3)C[C@@H]12)c1cscn1. The molecule has 9 heteroatoms. The third-order valence-corrected chi connectivity index (χ3v) is 5.10. The first-order chi connectivity index (χ1) is 11.7. The average molecular weight is 349 g/mol. The van der Waals surface area contributed by atoms with Gasteiger partial charge >= 0.3 is 0 Å². The van der Waals surface area contributed by atoms with Crippen molar-refractivity contribution in [1.82, 2.24) is 20.3 Å². The molecule has 126 valence electrons. The standard InChI is InChI=1S/C15H16FN5O2S/c16-10-2-18-15(19-3-10)21-4-11-9(6-23-13(11)5-21)1-17-14(22)12-7-24-8-20-12/h2-3,7-9,11,13H,1,4-6H2,(H,17,22)/t9-,11+,13+/m1/s1. The first-order valence-electron chi connectivity index (χ1n) is 7.71. The van der Waals surface area contributed by atoms with Crippen LogP contribution in [0.3, 0.4) is 0 Å². The molecular weight excluding hydrogens is 333 g/mol. The Kier molecular flexibility index (Phi) is 4.11. The number of carbonyl (C=O) groups is 1. The Bertz CT molecular complexity index is 711. The van der Waals surface area contributed by atoms with E-state index in [1.165, 1.54) is 23.7 Å². The van der Waals surface area contributed by atoms with Crippen molar-refractivity contribution in [2.24, 2.45) is 11.8 Å². The number of aromatic nitrogens is 3. The van der Waals surface area contributed by atoms with Crippen LogP contribution in [0.1, 0.15) is 10.5 Å². The molecule has 4 rings (SSSR count). The summed E-state index contributed by atoms with van der Waals surface area (Å²) in [6, 6.07) is 0. The van der Waals surface area contributed by atoms with Crippen molar-refractivity contribution in [3.8, 4) is 0 Å². The fourth-order valence-electron chi connectivity index (χ4n) is 3.28. The van der Waals surface area contributed by atoms with Gasteiger partial charge in [0.05, 0.1) is 30.6 Å². The highest BCUT2D eigenvalue weighted by Gasteiger charge is 2.44. The minimum atomic E-state index is -0.447. The van der Waals surface area contributed by atoms with Crippen LogP contribution in [0.5, 0.6) is 0 Å². The lowest BCUT2D eigenvalue weighted by Gasteiger charge is -2.19. The Labute approximate surface area is 141 Å². The van der Waals surface area contributed by atoms with E-state index in [1.54, 1.807) is 10.9 Å². The number of anilines is 1. The zero-order chi connectivity index (χ0) is 16.5. The first kappa shape index (κ1) is 15.4. The van der Waals surface area contributed by atoms with Crippen molar-refractivity contribution < 1.29 is 13.9 Å². The van der Waals surface area contributed by atoms with E-state index in [2.05, 4.69) is 20.3 Å². The van der Waals surface area contributed by atoms with Crippen LogP contribution < -0.4 is 10.2 Å². The van der Waals surface area contributed by atoms with Crippen molar-refractivity contribution in [3.63, 3.8) is 0 Å². The van der Waals surface area contributed by atoms with E-state index in [0.29, 0.717) is 37.3 Å². The molecular formula is C15H16FN5O2S. The van der Waals surface area contributed by atoms with Gasteiger partial charge in [-0.2, -0.15) is 0 Å². The molecule has 0 radical (unpaired) electrons. The summed E-state index contributed by atoms with van der Waals surface area (Å²) < 4.78 is 18.8. The van der Waals surface area contributed by atoms with Crippen molar-refractivity contribution in [3.05, 3.63) is 34.8 Å². The van der Waals surface area contributed by atoms with Gasteiger partial charge in [-0.25, -0.2) is 19.3 Å². The summed E-state index contributed by atoms with van der Waals surface area (Å²) in [7, 11) is 0. The molecule has 2 saturated heterocycles. The van der Waals surface area contributed by atoms with E-state index < -0.39 is 5.82 Å². The van der Waals surface area contributed by atoms with Gasteiger partial charge in [0, 0.05) is 36.9 Å². The van der Waals surface area contributed by atoms with Gasteiger partial charge in [0.2, 0.25) is 5.95 Å². The molecule has 3 atom stereocenters. The average Bonchev–Trinajstić information content (AvgIpc) is 3.30. The normalized spacial score (nSPS) is 25.7. The number of hydrogen-bond acceptors (Lipinski definition) is 7. The van der Waals surface area contributed by atoms with Crippen LogP contribution in [0.15, 0.2) is 23.3 Å². The van der Waals surface area contributed by atoms with Crippen molar-refractivity contribution in [2.75, 3.05) is 31.1 Å². The lowest BCUT2D eigenvalue weighted by molar-refractivity contribution is 0.0935. The Morgan fingerprint density at radius 3 is 2.96 bits per heavy atom. The number of halogens is 1. The summed E-state index contributed by atoms with van der Waals surface area (Å²) in [5, 5.41) is 4.66. The van der Waals surface area contributed by atoms with Crippen molar-refractivity contribution >= 4 is 23.2 Å². The molecule has 0 bridgehead atoms. The van der Waals surface area contributed by atoms with Crippen LogP contribution in [0, 0.1) is 17.7 Å². The molecule has 0 spiro atoms. The number of thiazole rings is 1. The summed E-state index contributed by atoms with van der Waals surface area (Å²) in [5.41, 5.74) is 2.09. The van der Waals surface area contributed by atoms with Crippen molar-refractivity contribution in [1.29, 1.82) is 0 Å². The predicted molar refractivity (Wildman–Crippen MR) is 85.4 cm³/mol. The number of ether oxygens (including phenoxy) is 1. The van der Waals surface area contributed by atoms with E-state index in [9.17, 15) is 9.18 Å². The summed E-state index contributed by atoms with van der Waals surface area (Å²) in [6.07, 6.45) is 2.44. The maximum Gasteiger partial charge on any atom is 0.270 e. The quantitative estimate of drug-likeness (QED) is 0.885. The topological polar surface area (TPSA) is 80.2 Å². The van der Waals surface area contributed by atoms with Crippen LogP contribution in [-0.2, 0) is 4.74 Å². The fourth-order valence-corrected chi connectivity index (χ4v) is 3.81. The van der Waals surface area contributed by atoms with Gasteiger partial charge < -0.3 is 15.0 Å². The van der Waals surface area contributed by atoms with Crippen LogP contribution in [0.25, 0.3) is 0 Å². The van der Waals surface area contributed by atoms with Gasteiger partial charge in [0.1, 0.15) is 5.69 Å². The van der Waals surface area contributed by atoms with E-state index in [4.69, 9.17) is 4.74 Å². The lowest BCUT2D eigenvalue weighted by Crippen LogP contribution is -2.34. The zero-order valence-electron chi connectivity index (χ0n) is 12.8. The second-order valence-corrected chi connectivity index (χ2v) is 6.70. The molecule has 2 aromatic heterocycles. The van der Waals surface area contributed by atoms with Gasteiger partial charge in [0.25, 0.3) is 5.91 Å². The number of nitrogens with one attached hydrogen (secondary N) is 1. The number of nitrogens with zero attached hydrogens (tertiary/aromatic N) is 4. The van der Waals surface area contributed by atoms with Crippen LogP contribution in [0.4, 0.5) is 10.3 Å². The highest BCUT2D eigenvalue weighted by molar-refractivity contribution is 7.07. The summed E-state index contributed by atoms with van der Waals surface area (Å²) in [4.78, 5) is 26.1. The predicted octanol–water partition coefficient (Wildman–Crippen LogP) is 0.953. The van der Waals surface area contributed by atoms with Crippen LogP contribution >= 0.6 is 11.3 Å². The number of rotatable bonds is 4. The van der Waals surface area contributed by atoms with Gasteiger partial charge in [0.15, 0.2) is 5.82 Å². The van der Waals surface area contributed by atoms with Gasteiger partial charge in [-0.3, -0.25) is 4.79 Å². The monoisotopic (exact) mass is 349 g/mol. The maximum atomic E-state index is 12.9. The zero-order valence-corrected chi connectivity index (χ0v) is 13.6. The van der Waals surface area contributed by atoms with E-state index in [-0.39, 0.29) is 17.9 Å². The molecule has 0 saturated carbocycles. The Balaban J connectivity index is 1.36.